The predicted octanol–water partition coefficient (Wildman–Crippen LogP) is 3.89. The molecule has 0 unspecified atom stereocenters. The van der Waals surface area contributed by atoms with Crippen molar-refractivity contribution >= 4 is 34.8 Å². The Labute approximate surface area is 111 Å². The smallest absolute Gasteiger partial charge is 0.205 e. The summed E-state index contributed by atoms with van der Waals surface area (Å²) in [6.07, 6.45) is 1.97. The minimum atomic E-state index is -1.21. The lowest BCUT2D eigenvalue weighted by molar-refractivity contribution is 0.365. The van der Waals surface area contributed by atoms with Gasteiger partial charge in [0.05, 0.1) is 6.04 Å². The number of benzene rings is 1. The van der Waals surface area contributed by atoms with Crippen molar-refractivity contribution in [2.24, 2.45) is 0 Å². The van der Waals surface area contributed by atoms with Crippen LogP contribution in [0.4, 0.5) is 0 Å². The molecule has 0 amide bonds. The summed E-state index contributed by atoms with van der Waals surface area (Å²) in [5.41, 5.74) is 1.34. The highest BCUT2D eigenvalue weighted by Crippen LogP contribution is 2.38. The normalized spacial score (nSPS) is 26.7. The van der Waals surface area contributed by atoms with E-state index in [9.17, 15) is 0 Å². The fourth-order valence-electron chi connectivity index (χ4n) is 2.19. The first-order chi connectivity index (χ1) is 7.57. The van der Waals surface area contributed by atoms with E-state index in [1.54, 1.807) is 0 Å². The molecular formula is C12H14Cl3N. The van der Waals surface area contributed by atoms with Crippen LogP contribution in [0.15, 0.2) is 30.3 Å². The Morgan fingerprint density at radius 3 is 2.44 bits per heavy atom. The predicted molar refractivity (Wildman–Crippen MR) is 70.5 cm³/mol. The van der Waals surface area contributed by atoms with Gasteiger partial charge in [0.1, 0.15) is 0 Å². The summed E-state index contributed by atoms with van der Waals surface area (Å²) in [6, 6.07) is 10.4. The summed E-state index contributed by atoms with van der Waals surface area (Å²) in [5, 5.41) is 3.26. The molecule has 1 nitrogen and oxygen atoms in total. The third kappa shape index (κ3) is 3.04. The van der Waals surface area contributed by atoms with Crippen molar-refractivity contribution in [2.45, 2.75) is 28.6 Å². The molecule has 2 atom stereocenters. The van der Waals surface area contributed by atoms with Crippen LogP contribution in [0.25, 0.3) is 0 Å². The maximum absolute atomic E-state index is 5.93. The van der Waals surface area contributed by atoms with Gasteiger partial charge in [-0.2, -0.15) is 0 Å². The van der Waals surface area contributed by atoms with Crippen molar-refractivity contribution in [1.82, 2.24) is 5.32 Å². The molecule has 1 heterocycles. The van der Waals surface area contributed by atoms with E-state index in [0.717, 1.165) is 19.4 Å². The molecule has 1 saturated heterocycles. The third-order valence-electron chi connectivity index (χ3n) is 3.07. The number of alkyl halides is 3. The maximum Gasteiger partial charge on any atom is 0.205 e. The van der Waals surface area contributed by atoms with E-state index in [-0.39, 0.29) is 6.04 Å². The van der Waals surface area contributed by atoms with Crippen molar-refractivity contribution in [3.8, 4) is 0 Å². The van der Waals surface area contributed by atoms with Gasteiger partial charge in [-0.1, -0.05) is 65.1 Å². The van der Waals surface area contributed by atoms with E-state index in [0.29, 0.717) is 5.92 Å². The van der Waals surface area contributed by atoms with Gasteiger partial charge in [-0.3, -0.25) is 0 Å². The molecule has 1 fully saturated rings. The summed E-state index contributed by atoms with van der Waals surface area (Å²) in [4.78, 5) is 0. The van der Waals surface area contributed by atoms with Crippen molar-refractivity contribution in [3.05, 3.63) is 35.9 Å². The van der Waals surface area contributed by atoms with Crippen LogP contribution in [-0.2, 0) is 0 Å². The van der Waals surface area contributed by atoms with Gasteiger partial charge in [0.2, 0.25) is 3.79 Å². The number of piperidine rings is 1. The van der Waals surface area contributed by atoms with Crippen LogP contribution in [0.3, 0.4) is 0 Å². The molecule has 2 rings (SSSR count). The highest BCUT2D eigenvalue weighted by atomic mass is 35.6. The minimum absolute atomic E-state index is 0.0588. The summed E-state index contributed by atoms with van der Waals surface area (Å²) in [6.45, 7) is 0.901. The van der Waals surface area contributed by atoms with Crippen molar-refractivity contribution in [3.63, 3.8) is 0 Å². The molecule has 0 spiro atoms. The van der Waals surface area contributed by atoms with Crippen LogP contribution in [-0.4, -0.2) is 16.4 Å². The third-order valence-corrected chi connectivity index (χ3v) is 3.86. The van der Waals surface area contributed by atoms with Crippen LogP contribution in [0, 0.1) is 0 Å². The average Bonchev–Trinajstić information content (AvgIpc) is 2.29. The number of nitrogens with one attached hydrogen (secondary N) is 1. The van der Waals surface area contributed by atoms with E-state index < -0.39 is 3.79 Å². The second kappa shape index (κ2) is 5.14. The fraction of sp³-hybridized carbons (Fsp3) is 0.500. The molecular weight excluding hydrogens is 264 g/mol. The van der Waals surface area contributed by atoms with Crippen molar-refractivity contribution < 1.29 is 0 Å². The van der Waals surface area contributed by atoms with Gasteiger partial charge in [-0.05, 0) is 30.9 Å². The van der Waals surface area contributed by atoms with Gasteiger partial charge in [-0.25, -0.2) is 0 Å². The van der Waals surface area contributed by atoms with E-state index in [1.165, 1.54) is 5.56 Å². The molecule has 0 aliphatic carbocycles. The lowest BCUT2D eigenvalue weighted by Crippen LogP contribution is -2.45. The lowest BCUT2D eigenvalue weighted by Gasteiger charge is -2.34. The van der Waals surface area contributed by atoms with E-state index in [2.05, 4.69) is 29.6 Å². The van der Waals surface area contributed by atoms with Gasteiger partial charge in [0.25, 0.3) is 0 Å². The van der Waals surface area contributed by atoms with Crippen LogP contribution < -0.4 is 5.32 Å². The van der Waals surface area contributed by atoms with Gasteiger partial charge >= 0.3 is 0 Å². The molecule has 0 radical (unpaired) electrons. The van der Waals surface area contributed by atoms with E-state index >= 15 is 0 Å². The molecule has 0 aromatic heterocycles. The van der Waals surface area contributed by atoms with Gasteiger partial charge in [-0.15, -0.1) is 0 Å². The molecule has 0 saturated carbocycles. The van der Waals surface area contributed by atoms with Crippen LogP contribution in [0.5, 0.6) is 0 Å². The lowest BCUT2D eigenvalue weighted by atomic mass is 9.87. The Hall–Kier alpha value is 0.0500. The number of halogens is 3. The molecule has 0 bridgehead atoms. The van der Waals surface area contributed by atoms with Gasteiger partial charge < -0.3 is 5.32 Å². The maximum atomic E-state index is 5.93. The zero-order valence-corrected chi connectivity index (χ0v) is 11.1. The number of rotatable bonds is 1. The molecule has 16 heavy (non-hydrogen) atoms. The fourth-order valence-corrected chi connectivity index (χ4v) is 2.69. The Balaban J connectivity index is 2.08. The molecule has 1 aromatic rings. The molecule has 4 heteroatoms. The standard InChI is InChI=1S/C12H14Cl3N/c13-12(14,15)11-8-10(6-7-16-11)9-4-2-1-3-5-9/h1-5,10-11,16H,6-8H2/t10-,11+/m1/s1. The Morgan fingerprint density at radius 1 is 1.12 bits per heavy atom. The first-order valence-electron chi connectivity index (χ1n) is 5.42. The van der Waals surface area contributed by atoms with Crippen molar-refractivity contribution in [1.29, 1.82) is 0 Å². The van der Waals surface area contributed by atoms with Gasteiger partial charge in [0, 0.05) is 0 Å². The van der Waals surface area contributed by atoms with E-state index in [4.69, 9.17) is 34.8 Å². The first kappa shape index (κ1) is 12.5. The molecule has 1 N–H and O–H groups in total. The quantitative estimate of drug-likeness (QED) is 0.769. The highest BCUT2D eigenvalue weighted by Gasteiger charge is 2.36. The van der Waals surface area contributed by atoms with Crippen molar-refractivity contribution in [2.75, 3.05) is 6.54 Å². The minimum Gasteiger partial charge on any atom is -0.310 e. The average molecular weight is 279 g/mol. The molecule has 1 aliphatic rings. The second-order valence-electron chi connectivity index (χ2n) is 4.18. The highest BCUT2D eigenvalue weighted by molar-refractivity contribution is 6.68. The summed E-state index contributed by atoms with van der Waals surface area (Å²) in [5.74, 6) is 0.489. The zero-order valence-electron chi connectivity index (χ0n) is 8.80. The Bertz CT molecular complexity index is 334. The van der Waals surface area contributed by atoms with Gasteiger partial charge in [0.15, 0.2) is 0 Å². The topological polar surface area (TPSA) is 12.0 Å². The number of hydrogen-bond donors (Lipinski definition) is 1. The van der Waals surface area contributed by atoms with Crippen LogP contribution >= 0.6 is 34.8 Å². The zero-order chi connectivity index (χ0) is 11.6. The second-order valence-corrected chi connectivity index (χ2v) is 6.55. The first-order valence-corrected chi connectivity index (χ1v) is 6.56. The monoisotopic (exact) mass is 277 g/mol. The Morgan fingerprint density at radius 2 is 1.81 bits per heavy atom. The summed E-state index contributed by atoms with van der Waals surface area (Å²) in [7, 11) is 0. The summed E-state index contributed by atoms with van der Waals surface area (Å²) >= 11 is 17.8. The molecule has 88 valence electrons. The van der Waals surface area contributed by atoms with Crippen LogP contribution in [0.1, 0.15) is 24.3 Å². The number of hydrogen-bond acceptors (Lipinski definition) is 1. The SMILES string of the molecule is ClC(Cl)(Cl)[C@@H]1C[C@H](c2ccccc2)CCN1. The van der Waals surface area contributed by atoms with E-state index in [1.807, 2.05) is 6.07 Å². The molecule has 1 aliphatic heterocycles. The molecule has 1 aromatic carbocycles. The van der Waals surface area contributed by atoms with Crippen LogP contribution in [0.2, 0.25) is 0 Å². The summed E-state index contributed by atoms with van der Waals surface area (Å²) < 4.78 is -1.21. The Kier molecular flexibility index (Phi) is 4.01. The largest absolute Gasteiger partial charge is 0.310 e.